The Kier molecular flexibility index (Phi) is 4.45. The largest absolute Gasteiger partial charge is 0.379 e. The lowest BCUT2D eigenvalue weighted by Crippen LogP contribution is -2.32. The van der Waals surface area contributed by atoms with E-state index < -0.39 is 0 Å². The minimum Gasteiger partial charge on any atom is -0.379 e. The number of halogens is 1. The van der Waals surface area contributed by atoms with Crippen LogP contribution in [0.5, 0.6) is 0 Å². The van der Waals surface area contributed by atoms with Gasteiger partial charge in [-0.3, -0.25) is 9.78 Å². The molecule has 6 heteroatoms. The van der Waals surface area contributed by atoms with E-state index in [4.69, 9.17) is 11.6 Å². The number of carbonyl (C=O) groups is 1. The molecule has 0 bridgehead atoms. The van der Waals surface area contributed by atoms with Gasteiger partial charge in [-0.25, -0.2) is 0 Å². The zero-order valence-electron chi connectivity index (χ0n) is 12.4. The van der Waals surface area contributed by atoms with Gasteiger partial charge in [0.25, 0.3) is 5.91 Å². The van der Waals surface area contributed by atoms with E-state index in [1.807, 2.05) is 0 Å². The third-order valence-electron chi connectivity index (χ3n) is 3.82. The zero-order valence-corrected chi connectivity index (χ0v) is 13.1. The smallest absolute Gasteiger partial charge is 0.272 e. The third kappa shape index (κ3) is 3.43. The molecule has 0 saturated carbocycles. The van der Waals surface area contributed by atoms with Gasteiger partial charge in [0.1, 0.15) is 11.8 Å². The van der Waals surface area contributed by atoms with Crippen molar-refractivity contribution in [2.75, 3.05) is 18.4 Å². The first kappa shape index (κ1) is 15.3. The highest BCUT2D eigenvalue weighted by Gasteiger charge is 2.27. The molecule has 0 radical (unpaired) electrons. The molecule has 1 fully saturated rings. The molecule has 2 aromatic rings. The Balaban J connectivity index is 1.67. The molecule has 1 aromatic heterocycles. The Morgan fingerprint density at radius 3 is 3.00 bits per heavy atom. The third-order valence-corrected chi connectivity index (χ3v) is 4.06. The molecule has 1 atom stereocenters. The SMILES string of the molecule is N#Cc1cc(Cl)ccc1NC1CCN(C(=O)c2ccccn2)C1. The van der Waals surface area contributed by atoms with Gasteiger partial charge in [0.2, 0.25) is 0 Å². The molecule has 1 amide bonds. The summed E-state index contributed by atoms with van der Waals surface area (Å²) in [5, 5.41) is 13.0. The summed E-state index contributed by atoms with van der Waals surface area (Å²) in [4.78, 5) is 18.3. The summed E-state index contributed by atoms with van der Waals surface area (Å²) in [6, 6.07) is 12.7. The van der Waals surface area contributed by atoms with Crippen LogP contribution in [0.1, 0.15) is 22.5 Å². The predicted octanol–water partition coefficient (Wildman–Crippen LogP) is 2.93. The Labute approximate surface area is 139 Å². The minimum atomic E-state index is -0.0634. The van der Waals surface area contributed by atoms with Gasteiger partial charge in [-0.15, -0.1) is 0 Å². The van der Waals surface area contributed by atoms with Gasteiger partial charge in [-0.05, 0) is 36.8 Å². The molecule has 1 unspecified atom stereocenters. The maximum absolute atomic E-state index is 12.4. The fraction of sp³-hybridized carbons (Fsp3) is 0.235. The van der Waals surface area contributed by atoms with E-state index in [-0.39, 0.29) is 11.9 Å². The number of pyridine rings is 1. The van der Waals surface area contributed by atoms with Crippen LogP contribution >= 0.6 is 11.6 Å². The second-order valence-electron chi connectivity index (χ2n) is 5.40. The number of likely N-dealkylation sites (tertiary alicyclic amines) is 1. The van der Waals surface area contributed by atoms with Crippen molar-refractivity contribution < 1.29 is 4.79 Å². The molecule has 1 N–H and O–H groups in total. The quantitative estimate of drug-likeness (QED) is 0.941. The molecule has 1 aliphatic rings. The Bertz CT molecular complexity index is 757. The number of anilines is 1. The number of amides is 1. The molecular weight excluding hydrogens is 312 g/mol. The van der Waals surface area contributed by atoms with Crippen LogP contribution in [0.15, 0.2) is 42.6 Å². The van der Waals surface area contributed by atoms with Gasteiger partial charge >= 0.3 is 0 Å². The highest BCUT2D eigenvalue weighted by Crippen LogP contribution is 2.23. The van der Waals surface area contributed by atoms with E-state index in [1.165, 1.54) is 0 Å². The molecule has 1 saturated heterocycles. The van der Waals surface area contributed by atoms with Gasteiger partial charge in [-0.2, -0.15) is 5.26 Å². The van der Waals surface area contributed by atoms with Crippen molar-refractivity contribution in [3.8, 4) is 6.07 Å². The molecule has 116 valence electrons. The van der Waals surface area contributed by atoms with Gasteiger partial charge in [0.15, 0.2) is 0 Å². The van der Waals surface area contributed by atoms with Crippen molar-refractivity contribution in [2.24, 2.45) is 0 Å². The Hall–Kier alpha value is -2.58. The first-order valence-electron chi connectivity index (χ1n) is 7.34. The predicted molar refractivity (Wildman–Crippen MR) is 88.3 cm³/mol. The van der Waals surface area contributed by atoms with Crippen LogP contribution in [0.4, 0.5) is 5.69 Å². The lowest BCUT2D eigenvalue weighted by atomic mass is 10.1. The van der Waals surface area contributed by atoms with Crippen molar-refractivity contribution in [1.82, 2.24) is 9.88 Å². The molecular formula is C17H15ClN4O. The number of rotatable bonds is 3. The van der Waals surface area contributed by atoms with Crippen LogP contribution in [0.2, 0.25) is 5.02 Å². The van der Waals surface area contributed by atoms with Crippen molar-refractivity contribution in [3.63, 3.8) is 0 Å². The van der Waals surface area contributed by atoms with Crippen LogP contribution in [-0.2, 0) is 0 Å². The average Bonchev–Trinajstić information content (AvgIpc) is 3.05. The number of hydrogen-bond donors (Lipinski definition) is 1. The van der Waals surface area contributed by atoms with E-state index in [1.54, 1.807) is 47.5 Å². The van der Waals surface area contributed by atoms with Crippen LogP contribution in [0, 0.1) is 11.3 Å². The Morgan fingerprint density at radius 1 is 1.39 bits per heavy atom. The van der Waals surface area contributed by atoms with Crippen LogP contribution in [0.3, 0.4) is 0 Å². The zero-order chi connectivity index (χ0) is 16.2. The first-order chi connectivity index (χ1) is 11.2. The van der Waals surface area contributed by atoms with Gasteiger partial charge in [0, 0.05) is 30.4 Å². The summed E-state index contributed by atoms with van der Waals surface area (Å²) in [6.07, 6.45) is 2.44. The number of nitriles is 1. The second kappa shape index (κ2) is 6.67. The molecule has 5 nitrogen and oxygen atoms in total. The van der Waals surface area contributed by atoms with E-state index in [2.05, 4.69) is 16.4 Å². The number of carbonyl (C=O) groups excluding carboxylic acids is 1. The van der Waals surface area contributed by atoms with Crippen molar-refractivity contribution in [1.29, 1.82) is 5.26 Å². The summed E-state index contributed by atoms with van der Waals surface area (Å²) in [5.74, 6) is -0.0634. The monoisotopic (exact) mass is 326 g/mol. The maximum atomic E-state index is 12.4. The average molecular weight is 327 g/mol. The maximum Gasteiger partial charge on any atom is 0.272 e. The lowest BCUT2D eigenvalue weighted by Gasteiger charge is -2.18. The molecule has 0 aliphatic carbocycles. The second-order valence-corrected chi connectivity index (χ2v) is 5.83. The number of nitrogens with zero attached hydrogens (tertiary/aromatic N) is 3. The molecule has 1 aromatic carbocycles. The van der Waals surface area contributed by atoms with E-state index >= 15 is 0 Å². The fourth-order valence-electron chi connectivity index (χ4n) is 2.67. The number of hydrogen-bond acceptors (Lipinski definition) is 4. The normalized spacial score (nSPS) is 16.9. The van der Waals surface area contributed by atoms with Gasteiger partial charge in [-0.1, -0.05) is 17.7 Å². The summed E-state index contributed by atoms with van der Waals surface area (Å²) in [6.45, 7) is 1.26. The molecule has 23 heavy (non-hydrogen) atoms. The summed E-state index contributed by atoms with van der Waals surface area (Å²) < 4.78 is 0. The summed E-state index contributed by atoms with van der Waals surface area (Å²) in [7, 11) is 0. The minimum absolute atomic E-state index is 0.0634. The van der Waals surface area contributed by atoms with E-state index in [0.29, 0.717) is 29.4 Å². The number of nitrogens with one attached hydrogen (secondary N) is 1. The first-order valence-corrected chi connectivity index (χ1v) is 7.71. The highest BCUT2D eigenvalue weighted by molar-refractivity contribution is 6.30. The molecule has 2 heterocycles. The van der Waals surface area contributed by atoms with Crippen LogP contribution in [0.25, 0.3) is 0 Å². The topological polar surface area (TPSA) is 69.0 Å². The van der Waals surface area contributed by atoms with Gasteiger partial charge < -0.3 is 10.2 Å². The molecule has 0 spiro atoms. The van der Waals surface area contributed by atoms with Crippen molar-refractivity contribution in [3.05, 3.63) is 58.9 Å². The van der Waals surface area contributed by atoms with E-state index in [0.717, 1.165) is 12.1 Å². The van der Waals surface area contributed by atoms with E-state index in [9.17, 15) is 10.1 Å². The molecule has 1 aliphatic heterocycles. The standard InChI is InChI=1S/C17H15ClN4O/c18-13-4-5-15(12(9-13)10-19)21-14-6-8-22(11-14)17(23)16-3-1-2-7-20-16/h1-5,7,9,14,21H,6,8,11H2. The summed E-state index contributed by atoms with van der Waals surface area (Å²) >= 11 is 5.91. The fourth-order valence-corrected chi connectivity index (χ4v) is 2.84. The number of benzene rings is 1. The van der Waals surface area contributed by atoms with Crippen molar-refractivity contribution >= 4 is 23.2 Å². The highest BCUT2D eigenvalue weighted by atomic mass is 35.5. The van der Waals surface area contributed by atoms with Crippen molar-refractivity contribution in [2.45, 2.75) is 12.5 Å². The van der Waals surface area contributed by atoms with Crippen LogP contribution in [-0.4, -0.2) is 34.9 Å². The number of aromatic nitrogens is 1. The van der Waals surface area contributed by atoms with Gasteiger partial charge in [0.05, 0.1) is 11.3 Å². The molecule has 3 rings (SSSR count). The lowest BCUT2D eigenvalue weighted by molar-refractivity contribution is 0.0786. The van der Waals surface area contributed by atoms with Crippen LogP contribution < -0.4 is 5.32 Å². The Morgan fingerprint density at radius 2 is 2.26 bits per heavy atom. The summed E-state index contributed by atoms with van der Waals surface area (Å²) in [5.41, 5.74) is 1.71.